The van der Waals surface area contributed by atoms with E-state index in [0.29, 0.717) is 5.82 Å². The first-order valence-corrected chi connectivity index (χ1v) is 5.86. The van der Waals surface area contributed by atoms with Crippen molar-refractivity contribution in [2.75, 3.05) is 31.0 Å². The molecule has 0 saturated carbocycles. The van der Waals surface area contributed by atoms with Crippen LogP contribution in [0.2, 0.25) is 0 Å². The van der Waals surface area contributed by atoms with Crippen molar-refractivity contribution in [3.05, 3.63) is 11.9 Å². The van der Waals surface area contributed by atoms with Gasteiger partial charge in [0.15, 0.2) is 0 Å². The predicted octanol–water partition coefficient (Wildman–Crippen LogP) is -0.103. The minimum Gasteiger partial charge on any atom is -0.358 e. The van der Waals surface area contributed by atoms with Gasteiger partial charge >= 0.3 is 0 Å². The van der Waals surface area contributed by atoms with E-state index in [-0.39, 0.29) is 12.5 Å². The molecule has 1 aromatic heterocycles. The molecule has 0 spiro atoms. The second kappa shape index (κ2) is 6.75. The fourth-order valence-electron chi connectivity index (χ4n) is 1.71. The number of amides is 1. The first-order chi connectivity index (χ1) is 8.63. The highest BCUT2D eigenvalue weighted by Gasteiger charge is 2.15. The largest absolute Gasteiger partial charge is 0.358 e. The Hall–Kier alpha value is -1.89. The zero-order chi connectivity index (χ0) is 13.5. The van der Waals surface area contributed by atoms with Crippen LogP contribution in [-0.2, 0) is 11.2 Å². The lowest BCUT2D eigenvalue weighted by Gasteiger charge is -2.21. The van der Waals surface area contributed by atoms with Crippen LogP contribution in [0.4, 0.5) is 11.6 Å². The molecule has 0 radical (unpaired) electrons. The molecule has 0 unspecified atom stereocenters. The van der Waals surface area contributed by atoms with E-state index < -0.39 is 0 Å². The van der Waals surface area contributed by atoms with E-state index in [1.54, 1.807) is 11.9 Å². The summed E-state index contributed by atoms with van der Waals surface area (Å²) in [6.45, 7) is 2.31. The summed E-state index contributed by atoms with van der Waals surface area (Å²) in [5, 5.41) is 2.58. The summed E-state index contributed by atoms with van der Waals surface area (Å²) >= 11 is 0. The summed E-state index contributed by atoms with van der Waals surface area (Å²) in [7, 11) is 3.42. The molecule has 7 heteroatoms. The smallest absolute Gasteiger partial charge is 0.239 e. The number of carbonyl (C=O) groups is 1. The lowest BCUT2D eigenvalue weighted by Crippen LogP contribution is -2.34. The van der Waals surface area contributed by atoms with Crippen molar-refractivity contribution in [3.8, 4) is 0 Å². The number of hydrogen-bond acceptors (Lipinski definition) is 6. The van der Waals surface area contributed by atoms with E-state index in [0.717, 1.165) is 24.2 Å². The Kier molecular flexibility index (Phi) is 5.31. The number of carbonyl (C=O) groups excluding carboxylic acids is 1. The van der Waals surface area contributed by atoms with Gasteiger partial charge in [-0.25, -0.2) is 15.8 Å². The summed E-state index contributed by atoms with van der Waals surface area (Å²) in [6.07, 6.45) is 3.18. The Labute approximate surface area is 107 Å². The number of rotatable bonds is 6. The van der Waals surface area contributed by atoms with Gasteiger partial charge in [0.25, 0.3) is 0 Å². The van der Waals surface area contributed by atoms with Crippen molar-refractivity contribution in [2.24, 2.45) is 5.84 Å². The molecule has 100 valence electrons. The number of nitrogens with zero attached hydrogens (tertiary/aromatic N) is 3. The van der Waals surface area contributed by atoms with Crippen molar-refractivity contribution < 1.29 is 4.79 Å². The minimum absolute atomic E-state index is 0.0687. The number of hydrazine groups is 1. The van der Waals surface area contributed by atoms with Crippen LogP contribution in [-0.4, -0.2) is 36.5 Å². The van der Waals surface area contributed by atoms with Gasteiger partial charge in [0, 0.05) is 19.7 Å². The summed E-state index contributed by atoms with van der Waals surface area (Å²) in [6, 6.07) is 0. The molecule has 0 fully saturated rings. The molecule has 1 amide bonds. The molecule has 0 bridgehead atoms. The Morgan fingerprint density at radius 3 is 2.78 bits per heavy atom. The van der Waals surface area contributed by atoms with E-state index in [4.69, 9.17) is 5.84 Å². The molecule has 0 atom stereocenters. The van der Waals surface area contributed by atoms with E-state index >= 15 is 0 Å². The highest BCUT2D eigenvalue weighted by Crippen LogP contribution is 2.23. The molecule has 1 rings (SSSR count). The number of likely N-dealkylation sites (N-methyl/N-ethyl adjacent to an activating group) is 2. The summed E-state index contributed by atoms with van der Waals surface area (Å²) < 4.78 is 0. The van der Waals surface area contributed by atoms with Crippen molar-refractivity contribution in [1.29, 1.82) is 0 Å². The molecule has 0 aliphatic heterocycles. The molecule has 0 aliphatic rings. The second-order valence-corrected chi connectivity index (χ2v) is 3.95. The van der Waals surface area contributed by atoms with Crippen molar-refractivity contribution >= 4 is 17.5 Å². The van der Waals surface area contributed by atoms with Gasteiger partial charge in [-0.3, -0.25) is 4.79 Å². The topological polar surface area (TPSA) is 96.2 Å². The molecular formula is C11H20N6O. The molecule has 1 heterocycles. The summed E-state index contributed by atoms with van der Waals surface area (Å²) in [5.41, 5.74) is 3.49. The van der Waals surface area contributed by atoms with E-state index in [1.807, 2.05) is 7.05 Å². The number of anilines is 2. The van der Waals surface area contributed by atoms with Gasteiger partial charge in [-0.1, -0.05) is 13.3 Å². The van der Waals surface area contributed by atoms with Crippen LogP contribution in [0.3, 0.4) is 0 Å². The zero-order valence-electron chi connectivity index (χ0n) is 11.0. The Morgan fingerprint density at radius 2 is 2.22 bits per heavy atom. The van der Waals surface area contributed by atoms with Crippen LogP contribution in [0.25, 0.3) is 0 Å². The van der Waals surface area contributed by atoms with Crippen LogP contribution in [0.15, 0.2) is 6.33 Å². The van der Waals surface area contributed by atoms with Crippen molar-refractivity contribution in [3.63, 3.8) is 0 Å². The van der Waals surface area contributed by atoms with Crippen molar-refractivity contribution in [1.82, 2.24) is 15.3 Å². The van der Waals surface area contributed by atoms with E-state index in [9.17, 15) is 4.79 Å². The molecule has 18 heavy (non-hydrogen) atoms. The number of nitrogens with one attached hydrogen (secondary N) is 2. The maximum atomic E-state index is 11.4. The molecule has 1 aromatic rings. The van der Waals surface area contributed by atoms with E-state index in [2.05, 4.69) is 27.6 Å². The van der Waals surface area contributed by atoms with Gasteiger partial charge in [0.05, 0.1) is 6.54 Å². The quantitative estimate of drug-likeness (QED) is 0.483. The molecule has 0 aromatic carbocycles. The van der Waals surface area contributed by atoms with Gasteiger partial charge in [0.2, 0.25) is 5.91 Å². The standard InChI is InChI=1S/C11H20N6O/c1-4-5-8-10(16-12)14-7-15-11(8)17(3)6-9(18)13-2/h7H,4-6,12H2,1-3H3,(H,13,18)(H,14,15,16). The zero-order valence-corrected chi connectivity index (χ0v) is 11.0. The monoisotopic (exact) mass is 252 g/mol. The van der Waals surface area contributed by atoms with Gasteiger partial charge in [-0.15, -0.1) is 0 Å². The first-order valence-electron chi connectivity index (χ1n) is 5.86. The first kappa shape index (κ1) is 14.2. The van der Waals surface area contributed by atoms with Gasteiger partial charge in [-0.05, 0) is 6.42 Å². The molecule has 7 nitrogen and oxygen atoms in total. The molecule has 4 N–H and O–H groups in total. The molecule has 0 saturated heterocycles. The van der Waals surface area contributed by atoms with Crippen LogP contribution in [0.1, 0.15) is 18.9 Å². The maximum Gasteiger partial charge on any atom is 0.239 e. The summed E-state index contributed by atoms with van der Waals surface area (Å²) in [4.78, 5) is 21.5. The summed E-state index contributed by atoms with van der Waals surface area (Å²) in [5.74, 6) is 6.70. The Bertz CT molecular complexity index is 409. The Morgan fingerprint density at radius 1 is 1.50 bits per heavy atom. The number of nitrogen functional groups attached to an aromatic ring is 1. The third kappa shape index (κ3) is 3.30. The van der Waals surface area contributed by atoms with Crippen molar-refractivity contribution in [2.45, 2.75) is 19.8 Å². The van der Waals surface area contributed by atoms with E-state index in [1.165, 1.54) is 6.33 Å². The fourth-order valence-corrected chi connectivity index (χ4v) is 1.71. The lowest BCUT2D eigenvalue weighted by molar-refractivity contribution is -0.119. The maximum absolute atomic E-state index is 11.4. The second-order valence-electron chi connectivity index (χ2n) is 3.95. The number of aromatic nitrogens is 2. The van der Waals surface area contributed by atoms with Gasteiger partial charge < -0.3 is 15.6 Å². The minimum atomic E-state index is -0.0687. The highest BCUT2D eigenvalue weighted by molar-refractivity contribution is 5.81. The normalized spacial score (nSPS) is 10.0. The predicted molar refractivity (Wildman–Crippen MR) is 71.2 cm³/mol. The third-order valence-corrected chi connectivity index (χ3v) is 2.58. The Balaban J connectivity index is 3.02. The van der Waals surface area contributed by atoms with Gasteiger partial charge in [-0.2, -0.15) is 0 Å². The SMILES string of the molecule is CCCc1c(NN)ncnc1N(C)CC(=O)NC. The van der Waals surface area contributed by atoms with Crippen LogP contribution >= 0.6 is 0 Å². The number of hydrogen-bond donors (Lipinski definition) is 3. The van der Waals surface area contributed by atoms with Crippen LogP contribution in [0.5, 0.6) is 0 Å². The molecular weight excluding hydrogens is 232 g/mol. The molecule has 0 aliphatic carbocycles. The average molecular weight is 252 g/mol. The third-order valence-electron chi connectivity index (χ3n) is 2.58. The van der Waals surface area contributed by atoms with Crippen LogP contribution < -0.4 is 21.5 Å². The fraction of sp³-hybridized carbons (Fsp3) is 0.545. The average Bonchev–Trinajstić information content (AvgIpc) is 2.38. The lowest BCUT2D eigenvalue weighted by atomic mass is 10.1. The van der Waals surface area contributed by atoms with Crippen LogP contribution in [0, 0.1) is 0 Å². The highest BCUT2D eigenvalue weighted by atomic mass is 16.1. The number of nitrogens with two attached hydrogens (primary N) is 1. The van der Waals surface area contributed by atoms with Gasteiger partial charge in [0.1, 0.15) is 18.0 Å².